The summed E-state index contributed by atoms with van der Waals surface area (Å²) < 4.78 is 11.9. The van der Waals surface area contributed by atoms with E-state index in [2.05, 4.69) is 31.2 Å². The van der Waals surface area contributed by atoms with Crippen LogP contribution in [0.3, 0.4) is 0 Å². The van der Waals surface area contributed by atoms with Crippen molar-refractivity contribution in [1.82, 2.24) is 20.2 Å². The molecule has 0 unspecified atom stereocenters. The predicted molar refractivity (Wildman–Crippen MR) is 104 cm³/mol. The SMILES string of the molecule is Clc1nc(N2CCOCC2)c2sc(CNCCN3CCOCC3)cc2n1. The number of ether oxygens (including phenoxy) is 2. The summed E-state index contributed by atoms with van der Waals surface area (Å²) in [6.07, 6.45) is 0. The van der Waals surface area contributed by atoms with Crippen LogP contribution >= 0.6 is 22.9 Å². The summed E-state index contributed by atoms with van der Waals surface area (Å²) in [6.45, 7) is 9.75. The van der Waals surface area contributed by atoms with Crippen LogP contribution in [-0.4, -0.2) is 80.6 Å². The quantitative estimate of drug-likeness (QED) is 0.586. The topological polar surface area (TPSA) is 62.8 Å². The zero-order valence-corrected chi connectivity index (χ0v) is 16.3. The molecule has 7 nitrogen and oxygen atoms in total. The molecule has 2 aromatic rings. The fourth-order valence-corrected chi connectivity index (χ4v) is 4.54. The Morgan fingerprint density at radius 3 is 2.58 bits per heavy atom. The van der Waals surface area contributed by atoms with Crippen molar-refractivity contribution >= 4 is 39.0 Å². The van der Waals surface area contributed by atoms with Gasteiger partial charge in [-0.2, -0.15) is 4.98 Å². The maximum absolute atomic E-state index is 6.16. The number of fused-ring (bicyclic) bond motifs is 1. The van der Waals surface area contributed by atoms with Gasteiger partial charge in [0.05, 0.1) is 36.6 Å². The molecule has 26 heavy (non-hydrogen) atoms. The first kappa shape index (κ1) is 18.3. The number of aromatic nitrogens is 2. The number of halogens is 1. The van der Waals surface area contributed by atoms with E-state index in [1.807, 2.05) is 0 Å². The second kappa shape index (κ2) is 8.77. The van der Waals surface area contributed by atoms with E-state index in [1.165, 1.54) is 4.88 Å². The lowest BCUT2D eigenvalue weighted by Crippen LogP contribution is -2.40. The minimum absolute atomic E-state index is 0.309. The van der Waals surface area contributed by atoms with Crippen LogP contribution in [0.25, 0.3) is 10.2 Å². The van der Waals surface area contributed by atoms with Gasteiger partial charge in [-0.1, -0.05) is 0 Å². The Balaban J connectivity index is 1.40. The highest BCUT2D eigenvalue weighted by atomic mass is 35.5. The summed E-state index contributed by atoms with van der Waals surface area (Å²) in [5.41, 5.74) is 0.932. The van der Waals surface area contributed by atoms with Crippen LogP contribution in [0.2, 0.25) is 5.28 Å². The summed E-state index contributed by atoms with van der Waals surface area (Å²) in [6, 6.07) is 2.12. The van der Waals surface area contributed by atoms with Gasteiger partial charge in [-0.15, -0.1) is 11.3 Å². The molecule has 0 amide bonds. The van der Waals surface area contributed by atoms with Crippen LogP contribution in [0.5, 0.6) is 0 Å². The third kappa shape index (κ3) is 4.44. The maximum Gasteiger partial charge on any atom is 0.224 e. The van der Waals surface area contributed by atoms with E-state index in [-0.39, 0.29) is 0 Å². The monoisotopic (exact) mass is 397 g/mol. The van der Waals surface area contributed by atoms with Gasteiger partial charge in [0, 0.05) is 50.7 Å². The molecule has 0 bridgehead atoms. The number of thiophene rings is 1. The van der Waals surface area contributed by atoms with Crippen molar-refractivity contribution in [3.63, 3.8) is 0 Å². The lowest BCUT2D eigenvalue weighted by atomic mass is 10.3. The van der Waals surface area contributed by atoms with Crippen molar-refractivity contribution in [3.8, 4) is 0 Å². The van der Waals surface area contributed by atoms with Crippen molar-refractivity contribution in [1.29, 1.82) is 0 Å². The van der Waals surface area contributed by atoms with Gasteiger partial charge in [-0.25, -0.2) is 4.98 Å². The summed E-state index contributed by atoms with van der Waals surface area (Å²) >= 11 is 7.91. The Morgan fingerprint density at radius 1 is 1.08 bits per heavy atom. The molecule has 0 atom stereocenters. The lowest BCUT2D eigenvalue weighted by molar-refractivity contribution is 0.0384. The third-order valence-corrected chi connectivity index (χ3v) is 5.99. The van der Waals surface area contributed by atoms with Gasteiger partial charge in [-0.3, -0.25) is 4.90 Å². The standard InChI is InChI=1S/C17H24ClN5O2S/c18-17-20-14-11-13(12-19-1-2-22-3-7-24-8-4-22)26-15(14)16(21-17)23-5-9-25-10-6-23/h11,19H,1-10,12H2. The van der Waals surface area contributed by atoms with E-state index >= 15 is 0 Å². The van der Waals surface area contributed by atoms with Crippen LogP contribution in [0.15, 0.2) is 6.07 Å². The molecule has 2 aliphatic rings. The number of rotatable bonds is 6. The van der Waals surface area contributed by atoms with Gasteiger partial charge in [0.1, 0.15) is 0 Å². The molecular weight excluding hydrogens is 374 g/mol. The van der Waals surface area contributed by atoms with Gasteiger partial charge in [0.15, 0.2) is 5.82 Å². The number of morpholine rings is 2. The molecule has 0 saturated carbocycles. The third-order valence-electron chi connectivity index (χ3n) is 4.70. The average molecular weight is 398 g/mol. The molecule has 2 fully saturated rings. The molecule has 1 N–H and O–H groups in total. The van der Waals surface area contributed by atoms with Gasteiger partial charge in [-0.05, 0) is 17.7 Å². The molecule has 2 aromatic heterocycles. The average Bonchev–Trinajstić information content (AvgIpc) is 3.09. The van der Waals surface area contributed by atoms with Crippen LogP contribution < -0.4 is 10.2 Å². The maximum atomic E-state index is 6.16. The predicted octanol–water partition coefficient (Wildman–Crippen LogP) is 1.60. The van der Waals surface area contributed by atoms with Gasteiger partial charge in [0.25, 0.3) is 0 Å². The number of nitrogens with zero attached hydrogens (tertiary/aromatic N) is 4. The van der Waals surface area contributed by atoms with Gasteiger partial charge < -0.3 is 19.7 Å². The zero-order chi connectivity index (χ0) is 17.8. The van der Waals surface area contributed by atoms with E-state index in [0.29, 0.717) is 5.28 Å². The van der Waals surface area contributed by atoms with E-state index in [1.54, 1.807) is 11.3 Å². The fourth-order valence-electron chi connectivity index (χ4n) is 3.29. The number of hydrogen-bond donors (Lipinski definition) is 1. The van der Waals surface area contributed by atoms with Crippen molar-refractivity contribution < 1.29 is 9.47 Å². The Labute approximate surface area is 162 Å². The van der Waals surface area contributed by atoms with Crippen molar-refractivity contribution in [3.05, 3.63) is 16.2 Å². The molecule has 4 rings (SSSR count). The molecule has 4 heterocycles. The van der Waals surface area contributed by atoms with Crippen LogP contribution in [0, 0.1) is 0 Å². The summed E-state index contributed by atoms with van der Waals surface area (Å²) in [5.74, 6) is 0.938. The van der Waals surface area contributed by atoms with Crippen molar-refractivity contribution in [2.24, 2.45) is 0 Å². The highest BCUT2D eigenvalue weighted by Gasteiger charge is 2.19. The van der Waals surface area contributed by atoms with Gasteiger partial charge >= 0.3 is 0 Å². The summed E-state index contributed by atoms with van der Waals surface area (Å²) in [4.78, 5) is 14.8. The van der Waals surface area contributed by atoms with Crippen LogP contribution in [0.4, 0.5) is 5.82 Å². The molecule has 9 heteroatoms. The minimum Gasteiger partial charge on any atom is -0.379 e. The Bertz CT molecular complexity index is 731. The molecular formula is C17H24ClN5O2S. The molecule has 2 aliphatic heterocycles. The molecule has 142 valence electrons. The number of anilines is 1. The molecule has 0 aliphatic carbocycles. The largest absolute Gasteiger partial charge is 0.379 e. The smallest absolute Gasteiger partial charge is 0.224 e. The van der Waals surface area contributed by atoms with E-state index in [0.717, 1.165) is 88.3 Å². The number of hydrogen-bond acceptors (Lipinski definition) is 8. The summed E-state index contributed by atoms with van der Waals surface area (Å²) in [7, 11) is 0. The van der Waals surface area contributed by atoms with Crippen molar-refractivity contribution in [2.45, 2.75) is 6.54 Å². The first-order valence-electron chi connectivity index (χ1n) is 9.09. The highest BCUT2D eigenvalue weighted by molar-refractivity contribution is 7.19. The zero-order valence-electron chi connectivity index (χ0n) is 14.7. The first-order chi connectivity index (χ1) is 12.8. The molecule has 0 radical (unpaired) electrons. The minimum atomic E-state index is 0.309. The molecule has 0 spiro atoms. The Morgan fingerprint density at radius 2 is 1.81 bits per heavy atom. The van der Waals surface area contributed by atoms with E-state index in [4.69, 9.17) is 21.1 Å². The molecule has 2 saturated heterocycles. The Kier molecular flexibility index (Phi) is 6.19. The van der Waals surface area contributed by atoms with Gasteiger partial charge in [0.2, 0.25) is 5.28 Å². The second-order valence-corrected chi connectivity index (χ2v) is 7.95. The highest BCUT2D eigenvalue weighted by Crippen LogP contribution is 2.33. The van der Waals surface area contributed by atoms with E-state index < -0.39 is 0 Å². The van der Waals surface area contributed by atoms with Crippen LogP contribution in [-0.2, 0) is 16.0 Å². The molecule has 0 aromatic carbocycles. The van der Waals surface area contributed by atoms with E-state index in [9.17, 15) is 0 Å². The summed E-state index contributed by atoms with van der Waals surface area (Å²) in [5, 5.41) is 3.85. The fraction of sp³-hybridized carbons (Fsp3) is 0.647. The number of nitrogens with one attached hydrogen (secondary N) is 1. The first-order valence-corrected chi connectivity index (χ1v) is 10.3. The van der Waals surface area contributed by atoms with Crippen molar-refractivity contribution in [2.75, 3.05) is 70.6 Å². The Hall–Kier alpha value is -1.03. The normalized spacial score (nSPS) is 19.3. The second-order valence-electron chi connectivity index (χ2n) is 6.47. The lowest BCUT2D eigenvalue weighted by Gasteiger charge is -2.28. The van der Waals surface area contributed by atoms with Crippen LogP contribution in [0.1, 0.15) is 4.88 Å².